The Morgan fingerprint density at radius 1 is 1.17 bits per heavy atom. The number of alkyl halides is 3. The van der Waals surface area contributed by atoms with E-state index in [-0.39, 0.29) is 5.89 Å². The Hall–Kier alpha value is -2.41. The molecule has 2 aromatic carbocycles. The first kappa shape index (κ1) is 16.4. The molecule has 3 nitrogen and oxygen atoms in total. The summed E-state index contributed by atoms with van der Waals surface area (Å²) in [6.45, 7) is 1.94. The maximum absolute atomic E-state index is 12.6. The van der Waals surface area contributed by atoms with Gasteiger partial charge in [0.05, 0.1) is 16.2 Å². The van der Waals surface area contributed by atoms with E-state index in [4.69, 9.17) is 16.6 Å². The molecule has 1 N–H and O–H groups in total. The molecule has 0 saturated heterocycles. The van der Waals surface area contributed by atoms with E-state index in [9.17, 15) is 13.2 Å². The van der Waals surface area contributed by atoms with Crippen LogP contribution in [0.25, 0.3) is 22.6 Å². The lowest BCUT2D eigenvalue weighted by Gasteiger charge is -2.06. The summed E-state index contributed by atoms with van der Waals surface area (Å²) in [5, 5.41) is 3.09. The van der Waals surface area contributed by atoms with Crippen LogP contribution in [0, 0.1) is 0 Å². The third-order valence-electron chi connectivity index (χ3n) is 3.47. The first-order valence-corrected chi connectivity index (χ1v) is 7.66. The van der Waals surface area contributed by atoms with E-state index >= 15 is 0 Å². The summed E-state index contributed by atoms with van der Waals surface area (Å²) in [6.07, 6.45) is -3.68. The number of oxazole rings is 1. The molecule has 0 fully saturated rings. The van der Waals surface area contributed by atoms with Crippen LogP contribution in [0.5, 0.6) is 0 Å². The van der Waals surface area contributed by atoms with Crippen molar-refractivity contribution in [2.75, 3.05) is 5.32 Å². The van der Waals surface area contributed by atoms with Gasteiger partial charge < -0.3 is 9.73 Å². The molecule has 0 aliphatic rings. The molecule has 3 rings (SSSR count). The van der Waals surface area contributed by atoms with Gasteiger partial charge in [0, 0.05) is 5.56 Å². The summed E-state index contributed by atoms with van der Waals surface area (Å²) < 4.78 is 43.6. The molecule has 124 valence electrons. The minimum atomic E-state index is -4.37. The first-order chi connectivity index (χ1) is 11.4. The number of nitrogens with one attached hydrogen (secondary N) is 1. The van der Waals surface area contributed by atoms with Gasteiger partial charge in [-0.3, -0.25) is 0 Å². The number of halogens is 3. The Kier molecular flexibility index (Phi) is 4.28. The van der Waals surface area contributed by atoms with E-state index in [1.54, 1.807) is 12.1 Å². The smallest absolute Gasteiger partial charge is 0.416 e. The molecule has 1 aromatic heterocycles. The second kappa shape index (κ2) is 6.24. The minimum absolute atomic E-state index is 0.260. The van der Waals surface area contributed by atoms with Crippen LogP contribution in [0.15, 0.2) is 46.9 Å². The van der Waals surface area contributed by atoms with E-state index in [1.165, 1.54) is 12.1 Å². The maximum Gasteiger partial charge on any atom is 0.416 e. The Morgan fingerprint density at radius 3 is 2.50 bits per heavy atom. The van der Waals surface area contributed by atoms with Crippen molar-refractivity contribution >= 4 is 34.0 Å². The van der Waals surface area contributed by atoms with Gasteiger partial charge in [-0.2, -0.15) is 13.2 Å². The third kappa shape index (κ3) is 3.26. The average Bonchev–Trinajstić information content (AvgIpc) is 2.99. The Bertz CT molecular complexity index is 885. The summed E-state index contributed by atoms with van der Waals surface area (Å²) in [5.41, 5.74) is 1.60. The summed E-state index contributed by atoms with van der Waals surface area (Å²) in [6, 6.07) is 10.1. The topological polar surface area (TPSA) is 38.1 Å². The lowest BCUT2D eigenvalue weighted by Crippen LogP contribution is -2.07. The summed E-state index contributed by atoms with van der Waals surface area (Å²) >= 11 is 5.17. The predicted molar refractivity (Wildman–Crippen MR) is 91.0 cm³/mol. The van der Waals surface area contributed by atoms with Gasteiger partial charge in [-0.25, -0.2) is 4.98 Å². The standard InChI is InChI=1S/C17H13F3N2OS/c1-2-14(24)21-12-4-3-5-13-15(12)22-16(23-13)10-6-8-11(9-7-10)17(18,19)20/h3-9H,2H2,1H3,(H,21,24). The number of hydrogen-bond donors (Lipinski definition) is 1. The zero-order chi connectivity index (χ0) is 17.3. The van der Waals surface area contributed by atoms with Gasteiger partial charge in [0.1, 0.15) is 5.52 Å². The summed E-state index contributed by atoms with van der Waals surface area (Å²) in [5.74, 6) is 0.260. The van der Waals surface area contributed by atoms with Crippen LogP contribution in [0.3, 0.4) is 0 Å². The van der Waals surface area contributed by atoms with Crippen LogP contribution in [-0.2, 0) is 6.18 Å². The van der Waals surface area contributed by atoms with Crippen LogP contribution in [0.2, 0.25) is 0 Å². The highest BCUT2D eigenvalue weighted by Crippen LogP contribution is 2.32. The van der Waals surface area contributed by atoms with Crippen LogP contribution < -0.4 is 5.32 Å². The van der Waals surface area contributed by atoms with Crippen molar-refractivity contribution in [3.8, 4) is 11.5 Å². The lowest BCUT2D eigenvalue weighted by molar-refractivity contribution is -0.137. The highest BCUT2D eigenvalue weighted by molar-refractivity contribution is 7.80. The number of aromatic nitrogens is 1. The number of fused-ring (bicyclic) bond motifs is 1. The number of benzene rings is 2. The fourth-order valence-electron chi connectivity index (χ4n) is 2.21. The highest BCUT2D eigenvalue weighted by atomic mass is 32.1. The molecule has 24 heavy (non-hydrogen) atoms. The van der Waals surface area contributed by atoms with Crippen LogP contribution in [0.4, 0.5) is 18.9 Å². The van der Waals surface area contributed by atoms with Crippen molar-refractivity contribution in [2.24, 2.45) is 0 Å². The first-order valence-electron chi connectivity index (χ1n) is 7.25. The van der Waals surface area contributed by atoms with E-state index in [0.29, 0.717) is 33.8 Å². The van der Waals surface area contributed by atoms with Gasteiger partial charge in [0.15, 0.2) is 5.58 Å². The Morgan fingerprint density at radius 2 is 1.88 bits per heavy atom. The second-order valence-corrected chi connectivity index (χ2v) is 5.64. The molecule has 0 aliphatic heterocycles. The number of nitrogens with zero attached hydrogens (tertiary/aromatic N) is 1. The Balaban J connectivity index is 1.99. The summed E-state index contributed by atoms with van der Waals surface area (Å²) in [4.78, 5) is 5.06. The van der Waals surface area contributed by atoms with E-state index in [2.05, 4.69) is 10.3 Å². The molecular weight excluding hydrogens is 337 g/mol. The molecule has 0 saturated carbocycles. The molecule has 0 radical (unpaired) electrons. The van der Waals surface area contributed by atoms with Crippen molar-refractivity contribution in [1.82, 2.24) is 4.98 Å². The maximum atomic E-state index is 12.6. The number of para-hydroxylation sites is 1. The molecule has 0 atom stereocenters. The molecular formula is C17H13F3N2OS. The SMILES string of the molecule is CCC(=S)Nc1cccc2oc(-c3ccc(C(F)(F)F)cc3)nc12. The number of hydrogen-bond acceptors (Lipinski definition) is 3. The van der Waals surface area contributed by atoms with Gasteiger partial charge in [-0.05, 0) is 42.8 Å². The van der Waals surface area contributed by atoms with Crippen LogP contribution in [0.1, 0.15) is 18.9 Å². The van der Waals surface area contributed by atoms with Crippen molar-refractivity contribution < 1.29 is 17.6 Å². The van der Waals surface area contributed by atoms with E-state index in [0.717, 1.165) is 12.1 Å². The normalized spacial score (nSPS) is 11.7. The van der Waals surface area contributed by atoms with Crippen molar-refractivity contribution in [3.63, 3.8) is 0 Å². The predicted octanol–water partition coefficient (Wildman–Crippen LogP) is 5.66. The van der Waals surface area contributed by atoms with E-state index < -0.39 is 11.7 Å². The average molecular weight is 350 g/mol. The number of thiocarbonyl (C=S) groups is 1. The quantitative estimate of drug-likeness (QED) is 0.618. The molecule has 7 heteroatoms. The highest BCUT2D eigenvalue weighted by Gasteiger charge is 2.30. The van der Waals surface area contributed by atoms with E-state index in [1.807, 2.05) is 13.0 Å². The second-order valence-electron chi connectivity index (χ2n) is 5.15. The molecule has 0 aliphatic carbocycles. The lowest BCUT2D eigenvalue weighted by atomic mass is 10.1. The van der Waals surface area contributed by atoms with Crippen molar-refractivity contribution in [1.29, 1.82) is 0 Å². The van der Waals surface area contributed by atoms with Crippen LogP contribution in [-0.4, -0.2) is 9.97 Å². The zero-order valence-corrected chi connectivity index (χ0v) is 13.5. The summed E-state index contributed by atoms with van der Waals surface area (Å²) in [7, 11) is 0. The fraction of sp³-hybridized carbons (Fsp3) is 0.176. The minimum Gasteiger partial charge on any atom is -0.436 e. The van der Waals surface area contributed by atoms with Crippen molar-refractivity contribution in [2.45, 2.75) is 19.5 Å². The van der Waals surface area contributed by atoms with Gasteiger partial charge in [0.25, 0.3) is 0 Å². The number of anilines is 1. The molecule has 0 unspecified atom stereocenters. The molecule has 0 amide bonds. The molecule has 1 heterocycles. The Labute approximate surface area is 141 Å². The largest absolute Gasteiger partial charge is 0.436 e. The van der Waals surface area contributed by atoms with Gasteiger partial charge in [-0.15, -0.1) is 0 Å². The van der Waals surface area contributed by atoms with Crippen LogP contribution >= 0.6 is 12.2 Å². The molecule has 3 aromatic rings. The third-order valence-corrected chi connectivity index (χ3v) is 3.86. The molecule has 0 spiro atoms. The molecule has 0 bridgehead atoms. The fourth-order valence-corrected chi connectivity index (χ4v) is 2.32. The van der Waals surface area contributed by atoms with Gasteiger partial charge in [0.2, 0.25) is 5.89 Å². The van der Waals surface area contributed by atoms with Gasteiger partial charge in [-0.1, -0.05) is 25.2 Å². The zero-order valence-electron chi connectivity index (χ0n) is 12.6. The van der Waals surface area contributed by atoms with Crippen molar-refractivity contribution in [3.05, 3.63) is 48.0 Å². The number of rotatable bonds is 3. The monoisotopic (exact) mass is 350 g/mol. The van der Waals surface area contributed by atoms with Gasteiger partial charge >= 0.3 is 6.18 Å².